The molecule has 17 heavy (non-hydrogen) atoms. The molecular formula is C11H11FN4S. The highest BCUT2D eigenvalue weighted by Crippen LogP contribution is 2.02. The van der Waals surface area contributed by atoms with Gasteiger partial charge in [-0.1, -0.05) is 19.1 Å². The zero-order valence-corrected chi connectivity index (χ0v) is 10.0. The summed E-state index contributed by atoms with van der Waals surface area (Å²) in [4.78, 5) is 0. The molecule has 1 heterocycles. The highest BCUT2D eigenvalue weighted by Gasteiger charge is 2.01. The molecule has 0 radical (unpaired) electrons. The summed E-state index contributed by atoms with van der Waals surface area (Å²) in [5.74, 6) is 0.447. The van der Waals surface area contributed by atoms with E-state index in [-0.39, 0.29) is 5.82 Å². The first kappa shape index (κ1) is 11.7. The van der Waals surface area contributed by atoms with Crippen molar-refractivity contribution in [3.05, 3.63) is 46.2 Å². The first-order valence-corrected chi connectivity index (χ1v) is 5.57. The Kier molecular flexibility index (Phi) is 3.43. The molecule has 0 aliphatic heterocycles. The van der Waals surface area contributed by atoms with Crippen LogP contribution in [0.5, 0.6) is 0 Å². The average Bonchev–Trinajstić information content (AvgIpc) is 2.67. The fourth-order valence-electron chi connectivity index (χ4n) is 1.38. The van der Waals surface area contributed by atoms with Crippen LogP contribution in [-0.4, -0.2) is 21.1 Å². The smallest absolute Gasteiger partial charge is 0.216 e. The van der Waals surface area contributed by atoms with Crippen LogP contribution in [0, 0.1) is 10.6 Å². The summed E-state index contributed by atoms with van der Waals surface area (Å²) in [5.41, 5.74) is 0.676. The highest BCUT2D eigenvalue weighted by atomic mass is 32.1. The summed E-state index contributed by atoms with van der Waals surface area (Å²) in [7, 11) is 0. The standard InChI is InChI=1S/C11H11FN4S/c1-2-10-14-15-11(17)16(10)13-7-8-4-3-5-9(12)6-8/h3-7H,2H2,1H3,(H,15,17)/b13-7-. The molecule has 0 atom stereocenters. The Bertz CT molecular complexity index is 600. The molecule has 0 fully saturated rings. The van der Waals surface area contributed by atoms with Crippen LogP contribution in [0.1, 0.15) is 18.3 Å². The van der Waals surface area contributed by atoms with E-state index >= 15 is 0 Å². The van der Waals surface area contributed by atoms with Crippen LogP contribution in [0.2, 0.25) is 0 Å². The second kappa shape index (κ2) is 5.01. The summed E-state index contributed by atoms with van der Waals surface area (Å²) >= 11 is 5.04. The molecule has 6 heteroatoms. The zero-order valence-electron chi connectivity index (χ0n) is 9.22. The Labute approximate surface area is 103 Å². The van der Waals surface area contributed by atoms with E-state index < -0.39 is 0 Å². The maximum atomic E-state index is 13.0. The van der Waals surface area contributed by atoms with Gasteiger partial charge in [0.2, 0.25) is 4.77 Å². The van der Waals surface area contributed by atoms with Gasteiger partial charge in [-0.2, -0.15) is 14.9 Å². The number of aromatic nitrogens is 3. The molecule has 2 rings (SSSR count). The Hall–Kier alpha value is -1.82. The van der Waals surface area contributed by atoms with E-state index in [0.717, 1.165) is 5.82 Å². The van der Waals surface area contributed by atoms with Crippen LogP contribution in [-0.2, 0) is 6.42 Å². The number of rotatable bonds is 3. The number of H-pyrrole nitrogens is 1. The van der Waals surface area contributed by atoms with Crippen molar-refractivity contribution in [2.75, 3.05) is 0 Å². The van der Waals surface area contributed by atoms with Gasteiger partial charge >= 0.3 is 0 Å². The second-order valence-electron chi connectivity index (χ2n) is 3.41. The normalized spacial score (nSPS) is 11.2. The van der Waals surface area contributed by atoms with Crippen LogP contribution in [0.25, 0.3) is 0 Å². The number of hydrogen-bond acceptors (Lipinski definition) is 3. The third-order valence-electron chi connectivity index (χ3n) is 2.20. The second-order valence-corrected chi connectivity index (χ2v) is 3.80. The Morgan fingerprint density at radius 1 is 1.59 bits per heavy atom. The van der Waals surface area contributed by atoms with Gasteiger partial charge in [-0.05, 0) is 29.9 Å². The van der Waals surface area contributed by atoms with Crippen molar-refractivity contribution >= 4 is 18.4 Å². The fourth-order valence-corrected chi connectivity index (χ4v) is 1.58. The molecule has 88 valence electrons. The van der Waals surface area contributed by atoms with Crippen molar-refractivity contribution in [3.63, 3.8) is 0 Å². The van der Waals surface area contributed by atoms with E-state index in [1.807, 2.05) is 6.92 Å². The van der Waals surface area contributed by atoms with Crippen LogP contribution >= 0.6 is 12.2 Å². The van der Waals surface area contributed by atoms with Gasteiger partial charge in [-0.3, -0.25) is 5.10 Å². The monoisotopic (exact) mass is 250 g/mol. The molecule has 0 bridgehead atoms. The number of aryl methyl sites for hydroxylation is 1. The predicted octanol–water partition coefficient (Wildman–Crippen LogP) is 2.52. The van der Waals surface area contributed by atoms with Gasteiger partial charge in [-0.25, -0.2) is 4.39 Å². The van der Waals surface area contributed by atoms with E-state index in [2.05, 4.69) is 15.3 Å². The van der Waals surface area contributed by atoms with Crippen molar-refractivity contribution in [3.8, 4) is 0 Å². The number of aromatic amines is 1. The first-order chi connectivity index (χ1) is 8.20. The molecule has 0 unspecified atom stereocenters. The SMILES string of the molecule is CCc1n[nH]c(=S)n1/N=C\c1cccc(F)c1. The maximum Gasteiger partial charge on any atom is 0.216 e. The van der Waals surface area contributed by atoms with E-state index in [1.165, 1.54) is 16.8 Å². The lowest BCUT2D eigenvalue weighted by molar-refractivity contribution is 0.627. The summed E-state index contributed by atoms with van der Waals surface area (Å²) in [5, 5.41) is 10.9. The molecule has 0 aliphatic rings. The largest absolute Gasteiger partial charge is 0.250 e. The summed E-state index contributed by atoms with van der Waals surface area (Å²) in [6, 6.07) is 6.19. The lowest BCUT2D eigenvalue weighted by atomic mass is 10.2. The minimum absolute atomic E-state index is 0.291. The summed E-state index contributed by atoms with van der Waals surface area (Å²) < 4.78 is 14.9. The molecule has 0 saturated heterocycles. The predicted molar refractivity (Wildman–Crippen MR) is 66.2 cm³/mol. The van der Waals surface area contributed by atoms with Crippen LogP contribution in [0.3, 0.4) is 0 Å². The summed E-state index contributed by atoms with van der Waals surface area (Å²) in [6.45, 7) is 1.96. The molecule has 1 N–H and O–H groups in total. The van der Waals surface area contributed by atoms with Gasteiger partial charge in [0, 0.05) is 6.42 Å². The molecule has 0 aliphatic carbocycles. The third-order valence-corrected chi connectivity index (χ3v) is 2.47. The Morgan fingerprint density at radius 3 is 3.12 bits per heavy atom. The minimum Gasteiger partial charge on any atom is -0.250 e. The van der Waals surface area contributed by atoms with Gasteiger partial charge in [-0.15, -0.1) is 0 Å². The molecule has 0 amide bonds. The molecule has 2 aromatic rings. The van der Waals surface area contributed by atoms with Crippen molar-refractivity contribution in [1.82, 2.24) is 14.9 Å². The van der Waals surface area contributed by atoms with Gasteiger partial charge in [0.05, 0.1) is 6.21 Å². The lowest BCUT2D eigenvalue weighted by Crippen LogP contribution is -1.97. The van der Waals surface area contributed by atoms with Crippen molar-refractivity contribution < 1.29 is 4.39 Å². The Balaban J connectivity index is 2.32. The molecule has 1 aromatic heterocycles. The topological polar surface area (TPSA) is 46.0 Å². The summed E-state index contributed by atoms with van der Waals surface area (Å²) in [6.07, 6.45) is 2.27. The Morgan fingerprint density at radius 2 is 2.41 bits per heavy atom. The molecular weight excluding hydrogens is 239 g/mol. The van der Waals surface area contributed by atoms with Crippen LogP contribution in [0.4, 0.5) is 4.39 Å². The van der Waals surface area contributed by atoms with Gasteiger partial charge in [0.1, 0.15) is 5.82 Å². The number of halogens is 1. The van der Waals surface area contributed by atoms with E-state index in [0.29, 0.717) is 16.8 Å². The number of hydrogen-bond donors (Lipinski definition) is 1. The lowest BCUT2D eigenvalue weighted by Gasteiger charge is -1.97. The van der Waals surface area contributed by atoms with Crippen molar-refractivity contribution in [1.29, 1.82) is 0 Å². The van der Waals surface area contributed by atoms with Crippen molar-refractivity contribution in [2.45, 2.75) is 13.3 Å². The third kappa shape index (κ3) is 2.65. The number of nitrogens with one attached hydrogen (secondary N) is 1. The van der Waals surface area contributed by atoms with Crippen LogP contribution in [0.15, 0.2) is 29.4 Å². The minimum atomic E-state index is -0.291. The maximum absolute atomic E-state index is 13.0. The first-order valence-electron chi connectivity index (χ1n) is 5.17. The van der Waals surface area contributed by atoms with E-state index in [4.69, 9.17) is 12.2 Å². The van der Waals surface area contributed by atoms with Crippen LogP contribution < -0.4 is 0 Å². The molecule has 0 saturated carbocycles. The fraction of sp³-hybridized carbons (Fsp3) is 0.182. The van der Waals surface area contributed by atoms with Crippen molar-refractivity contribution in [2.24, 2.45) is 5.10 Å². The number of nitrogens with zero attached hydrogens (tertiary/aromatic N) is 3. The highest BCUT2D eigenvalue weighted by molar-refractivity contribution is 7.71. The van der Waals surface area contributed by atoms with E-state index in [1.54, 1.807) is 18.3 Å². The quantitative estimate of drug-likeness (QED) is 0.672. The van der Waals surface area contributed by atoms with Gasteiger partial charge < -0.3 is 0 Å². The molecule has 1 aromatic carbocycles. The zero-order chi connectivity index (χ0) is 12.3. The van der Waals surface area contributed by atoms with Gasteiger partial charge in [0.15, 0.2) is 5.82 Å². The number of benzene rings is 1. The molecule has 4 nitrogen and oxygen atoms in total. The van der Waals surface area contributed by atoms with Gasteiger partial charge in [0.25, 0.3) is 0 Å². The molecule has 0 spiro atoms. The average molecular weight is 250 g/mol. The van der Waals surface area contributed by atoms with E-state index in [9.17, 15) is 4.39 Å².